The first kappa shape index (κ1) is 20.8. The van der Waals surface area contributed by atoms with Crippen LogP contribution < -0.4 is 15.5 Å². The summed E-state index contributed by atoms with van der Waals surface area (Å²) in [6.45, 7) is 4.89. The van der Waals surface area contributed by atoms with Crippen LogP contribution in [0.4, 0.5) is 16.3 Å². The van der Waals surface area contributed by atoms with Crippen molar-refractivity contribution in [2.45, 2.75) is 38.3 Å². The molecule has 0 saturated carbocycles. The van der Waals surface area contributed by atoms with E-state index >= 15 is 0 Å². The fourth-order valence-corrected chi connectivity index (χ4v) is 4.48. The molecule has 3 fully saturated rings. The second kappa shape index (κ2) is 8.81. The average molecular weight is 442 g/mol. The Morgan fingerprint density at radius 1 is 1.22 bits per heavy atom. The van der Waals surface area contributed by atoms with E-state index in [1.807, 2.05) is 4.90 Å². The molecule has 1 atom stereocenters. The van der Waals surface area contributed by atoms with Gasteiger partial charge in [-0.2, -0.15) is 19.6 Å². The number of aromatic nitrogens is 4. The molecular formula is C21H27FN8O2. The lowest BCUT2D eigenvalue weighted by Gasteiger charge is -2.18. The lowest BCUT2D eigenvalue weighted by Crippen LogP contribution is -2.26. The minimum Gasteiger partial charge on any atom is -0.354 e. The molecule has 3 aliphatic heterocycles. The molecule has 0 radical (unpaired) electrons. The number of imide groups is 1. The Hall–Kier alpha value is -3.08. The second-order valence-corrected chi connectivity index (χ2v) is 8.57. The van der Waals surface area contributed by atoms with Crippen LogP contribution in [0.15, 0.2) is 11.8 Å². The first-order chi connectivity index (χ1) is 15.6. The SMILES string of the molecule is O=C1C/C(=C\c2cnn3c(N4CC[C@@H](F)C4)nc(NCCCN4CCCC4)nc23)C(=O)N1. The molecule has 0 aromatic carbocycles. The number of nitrogens with one attached hydrogen (secondary N) is 2. The average Bonchev–Trinajstić information content (AvgIpc) is 3.55. The van der Waals surface area contributed by atoms with E-state index < -0.39 is 12.1 Å². The first-order valence-corrected chi connectivity index (χ1v) is 11.2. The van der Waals surface area contributed by atoms with E-state index in [2.05, 4.69) is 30.6 Å². The Morgan fingerprint density at radius 3 is 2.78 bits per heavy atom. The second-order valence-electron chi connectivity index (χ2n) is 8.57. The molecule has 5 heterocycles. The van der Waals surface area contributed by atoms with Crippen molar-refractivity contribution in [3.05, 3.63) is 17.3 Å². The number of carbonyl (C=O) groups excluding carboxylic acids is 2. The number of carbonyl (C=O) groups is 2. The zero-order chi connectivity index (χ0) is 22.1. The van der Waals surface area contributed by atoms with Crippen LogP contribution in [0.1, 0.15) is 37.7 Å². The molecular weight excluding hydrogens is 415 g/mol. The van der Waals surface area contributed by atoms with Gasteiger partial charge in [-0.3, -0.25) is 14.9 Å². The quantitative estimate of drug-likeness (QED) is 0.372. The van der Waals surface area contributed by atoms with E-state index in [1.54, 1.807) is 16.8 Å². The Labute approximate surface area is 184 Å². The molecule has 2 aromatic rings. The van der Waals surface area contributed by atoms with Crippen LogP contribution in [0.2, 0.25) is 0 Å². The lowest BCUT2D eigenvalue weighted by atomic mass is 10.1. The third-order valence-electron chi connectivity index (χ3n) is 6.15. The van der Waals surface area contributed by atoms with E-state index in [9.17, 15) is 14.0 Å². The van der Waals surface area contributed by atoms with Crippen molar-refractivity contribution >= 4 is 35.4 Å². The van der Waals surface area contributed by atoms with E-state index in [1.165, 1.54) is 12.8 Å². The molecule has 5 rings (SSSR count). The number of anilines is 2. The zero-order valence-electron chi connectivity index (χ0n) is 17.9. The predicted octanol–water partition coefficient (Wildman–Crippen LogP) is 1.00. The third kappa shape index (κ3) is 4.29. The Kier molecular flexibility index (Phi) is 5.73. The first-order valence-electron chi connectivity index (χ1n) is 11.2. The van der Waals surface area contributed by atoms with Crippen molar-refractivity contribution in [1.82, 2.24) is 29.8 Å². The lowest BCUT2D eigenvalue weighted by molar-refractivity contribution is -0.124. The van der Waals surface area contributed by atoms with Crippen LogP contribution in [-0.2, 0) is 9.59 Å². The van der Waals surface area contributed by atoms with Gasteiger partial charge in [-0.1, -0.05) is 0 Å². The van der Waals surface area contributed by atoms with Gasteiger partial charge in [-0.15, -0.1) is 0 Å². The van der Waals surface area contributed by atoms with Gasteiger partial charge in [0.05, 0.1) is 19.2 Å². The van der Waals surface area contributed by atoms with E-state index in [0.717, 1.165) is 32.6 Å². The summed E-state index contributed by atoms with van der Waals surface area (Å²) in [4.78, 5) is 37.1. The highest BCUT2D eigenvalue weighted by molar-refractivity contribution is 6.15. The molecule has 2 aromatic heterocycles. The smallest absolute Gasteiger partial charge is 0.254 e. The fourth-order valence-electron chi connectivity index (χ4n) is 4.48. The zero-order valence-corrected chi connectivity index (χ0v) is 17.9. The van der Waals surface area contributed by atoms with Gasteiger partial charge < -0.3 is 15.1 Å². The number of hydrogen-bond donors (Lipinski definition) is 2. The van der Waals surface area contributed by atoms with E-state index in [-0.39, 0.29) is 18.9 Å². The summed E-state index contributed by atoms with van der Waals surface area (Å²) in [5, 5.41) is 9.98. The van der Waals surface area contributed by atoms with Gasteiger partial charge >= 0.3 is 0 Å². The largest absolute Gasteiger partial charge is 0.354 e. The molecule has 11 heteroatoms. The molecule has 0 unspecified atom stereocenters. The highest BCUT2D eigenvalue weighted by Crippen LogP contribution is 2.25. The van der Waals surface area contributed by atoms with Crippen molar-refractivity contribution < 1.29 is 14.0 Å². The maximum atomic E-state index is 13.9. The Morgan fingerprint density at radius 2 is 2.06 bits per heavy atom. The topological polar surface area (TPSA) is 108 Å². The van der Waals surface area contributed by atoms with Gasteiger partial charge in [0.2, 0.25) is 17.8 Å². The summed E-state index contributed by atoms with van der Waals surface area (Å²) in [6, 6.07) is 0. The number of halogens is 1. The summed E-state index contributed by atoms with van der Waals surface area (Å²) in [5.74, 6) is 0.250. The van der Waals surface area contributed by atoms with Crippen LogP contribution in [0.5, 0.6) is 0 Å². The van der Waals surface area contributed by atoms with Gasteiger partial charge in [0.25, 0.3) is 5.91 Å². The number of likely N-dealkylation sites (tertiary alicyclic amines) is 1. The summed E-state index contributed by atoms with van der Waals surface area (Å²) in [6.07, 6.45) is 6.32. The van der Waals surface area contributed by atoms with Crippen LogP contribution in [0.3, 0.4) is 0 Å². The van der Waals surface area contributed by atoms with Gasteiger partial charge in [0.1, 0.15) is 6.17 Å². The fraction of sp³-hybridized carbons (Fsp3) is 0.571. The third-order valence-corrected chi connectivity index (χ3v) is 6.15. The van der Waals surface area contributed by atoms with Crippen molar-refractivity contribution in [2.24, 2.45) is 0 Å². The minimum atomic E-state index is -0.901. The van der Waals surface area contributed by atoms with Gasteiger partial charge in [-0.25, -0.2) is 4.39 Å². The highest BCUT2D eigenvalue weighted by Gasteiger charge is 2.28. The number of hydrogen-bond acceptors (Lipinski definition) is 8. The van der Waals surface area contributed by atoms with Crippen LogP contribution in [0, 0.1) is 0 Å². The maximum Gasteiger partial charge on any atom is 0.254 e. The molecule has 0 aliphatic carbocycles. The van der Waals surface area contributed by atoms with Crippen molar-refractivity contribution in [2.75, 3.05) is 49.5 Å². The molecule has 170 valence electrons. The summed E-state index contributed by atoms with van der Waals surface area (Å²) in [5.41, 5.74) is 1.50. The molecule has 10 nitrogen and oxygen atoms in total. The standard InChI is InChI=1S/C21H27FN8O2/c22-16-4-9-29(13-16)21-27-20(23-5-3-8-28-6-1-2-7-28)26-18-15(12-24-30(18)21)10-14-11-17(31)25-19(14)32/h10,12,16H,1-9,11,13H2,(H,23,26)(H,25,31,32)/b14-10+/t16-/m1/s1. The maximum absolute atomic E-state index is 13.9. The monoisotopic (exact) mass is 442 g/mol. The van der Waals surface area contributed by atoms with Crippen molar-refractivity contribution in [3.8, 4) is 0 Å². The van der Waals surface area contributed by atoms with Crippen molar-refractivity contribution in [3.63, 3.8) is 0 Å². The summed E-state index contributed by atoms with van der Waals surface area (Å²) < 4.78 is 15.5. The summed E-state index contributed by atoms with van der Waals surface area (Å²) in [7, 11) is 0. The molecule has 0 spiro atoms. The molecule has 3 saturated heterocycles. The minimum absolute atomic E-state index is 0.0331. The van der Waals surface area contributed by atoms with Gasteiger partial charge in [0, 0.05) is 24.2 Å². The van der Waals surface area contributed by atoms with E-state index in [0.29, 0.717) is 41.6 Å². The summed E-state index contributed by atoms with van der Waals surface area (Å²) >= 11 is 0. The van der Waals surface area contributed by atoms with Crippen LogP contribution in [-0.4, -0.2) is 81.7 Å². The van der Waals surface area contributed by atoms with Gasteiger partial charge in [-0.05, 0) is 51.4 Å². The molecule has 0 bridgehead atoms. The normalized spacial score (nSPS) is 23.1. The van der Waals surface area contributed by atoms with Crippen molar-refractivity contribution in [1.29, 1.82) is 0 Å². The van der Waals surface area contributed by atoms with Crippen LogP contribution >= 0.6 is 0 Å². The Bertz CT molecular complexity index is 1060. The Balaban J connectivity index is 1.41. The number of alkyl halides is 1. The highest BCUT2D eigenvalue weighted by atomic mass is 19.1. The van der Waals surface area contributed by atoms with Gasteiger partial charge in [0.15, 0.2) is 5.65 Å². The number of fused-ring (bicyclic) bond motifs is 1. The molecule has 2 N–H and O–H groups in total. The molecule has 32 heavy (non-hydrogen) atoms. The molecule has 3 aliphatic rings. The molecule has 2 amide bonds. The number of amides is 2. The van der Waals surface area contributed by atoms with E-state index in [4.69, 9.17) is 0 Å². The number of nitrogens with zero attached hydrogens (tertiary/aromatic N) is 6. The van der Waals surface area contributed by atoms with Crippen LogP contribution in [0.25, 0.3) is 11.7 Å². The predicted molar refractivity (Wildman–Crippen MR) is 117 cm³/mol. The number of rotatable bonds is 7.